The fourth-order valence-corrected chi connectivity index (χ4v) is 7.24. The number of piperazine rings is 1. The molecule has 0 aromatic heterocycles. The van der Waals surface area contributed by atoms with Gasteiger partial charge in [-0.15, -0.1) is 0 Å². The van der Waals surface area contributed by atoms with Crippen LogP contribution in [0.25, 0.3) is 0 Å². The predicted octanol–water partition coefficient (Wildman–Crippen LogP) is 2.66. The molecule has 11 heteroatoms. The second kappa shape index (κ2) is 7.67. The lowest BCUT2D eigenvalue weighted by molar-refractivity contribution is -0.163. The SMILES string of the molecule is CC(=O)S[C@@]1(C)C(=O)N2[C@@H](c3ccc4c(c3)OCO4)[C@@](C)(C#N)C[C@@]2(SC(C)=O)C(=O)N1C. The van der Waals surface area contributed by atoms with Crippen molar-refractivity contribution in [3.63, 3.8) is 0 Å². The molecule has 1 aromatic rings. The molecule has 2 fully saturated rings. The van der Waals surface area contributed by atoms with Crippen molar-refractivity contribution >= 4 is 45.6 Å². The molecule has 174 valence electrons. The number of ether oxygens (including phenoxy) is 2. The Balaban J connectivity index is 1.96. The first-order valence-corrected chi connectivity index (χ1v) is 11.8. The van der Waals surface area contributed by atoms with E-state index < -0.39 is 33.0 Å². The molecule has 9 nitrogen and oxygen atoms in total. The lowest BCUT2D eigenvalue weighted by Crippen LogP contribution is -2.71. The van der Waals surface area contributed by atoms with Crippen molar-refractivity contribution in [3.05, 3.63) is 23.8 Å². The van der Waals surface area contributed by atoms with Crippen LogP contribution in [-0.4, -0.2) is 55.4 Å². The maximum Gasteiger partial charge on any atom is 0.261 e. The highest BCUT2D eigenvalue weighted by Crippen LogP contribution is 2.62. The zero-order chi connectivity index (χ0) is 24.3. The summed E-state index contributed by atoms with van der Waals surface area (Å²) in [6.07, 6.45) is -0.0460. The molecule has 0 bridgehead atoms. The van der Waals surface area contributed by atoms with E-state index in [1.165, 1.54) is 37.6 Å². The number of amides is 2. The van der Waals surface area contributed by atoms with Gasteiger partial charge in [-0.1, -0.05) is 17.8 Å². The third kappa shape index (κ3) is 3.30. The zero-order valence-electron chi connectivity index (χ0n) is 18.8. The molecule has 1 aromatic carbocycles. The maximum atomic E-state index is 14.1. The van der Waals surface area contributed by atoms with E-state index in [1.54, 1.807) is 25.1 Å². The van der Waals surface area contributed by atoms with Gasteiger partial charge in [-0.05, 0) is 43.3 Å². The average Bonchev–Trinajstić information content (AvgIpc) is 3.30. The number of fused-ring (bicyclic) bond motifs is 2. The van der Waals surface area contributed by atoms with Gasteiger partial charge in [-0.3, -0.25) is 19.2 Å². The van der Waals surface area contributed by atoms with Crippen LogP contribution in [0.4, 0.5) is 0 Å². The highest BCUT2D eigenvalue weighted by Gasteiger charge is 2.71. The highest BCUT2D eigenvalue weighted by molar-refractivity contribution is 8.16. The third-order valence-corrected chi connectivity index (χ3v) is 8.65. The van der Waals surface area contributed by atoms with Gasteiger partial charge in [-0.2, -0.15) is 5.26 Å². The second-order valence-corrected chi connectivity index (χ2v) is 11.7. The molecule has 0 aliphatic carbocycles. The zero-order valence-corrected chi connectivity index (χ0v) is 20.5. The Morgan fingerprint density at radius 1 is 1.09 bits per heavy atom. The molecule has 0 spiro atoms. The second-order valence-electron chi connectivity index (χ2n) is 8.72. The van der Waals surface area contributed by atoms with Gasteiger partial charge >= 0.3 is 0 Å². The number of carbonyl (C=O) groups excluding carboxylic acids is 4. The molecule has 3 aliphatic heterocycles. The van der Waals surface area contributed by atoms with Gasteiger partial charge < -0.3 is 19.3 Å². The summed E-state index contributed by atoms with van der Waals surface area (Å²) >= 11 is 1.49. The van der Waals surface area contributed by atoms with Crippen molar-refractivity contribution in [2.45, 2.75) is 49.9 Å². The summed E-state index contributed by atoms with van der Waals surface area (Å²) in [7, 11) is 1.45. The first-order chi connectivity index (χ1) is 15.4. The van der Waals surface area contributed by atoms with E-state index in [0.717, 1.165) is 23.5 Å². The molecule has 0 radical (unpaired) electrons. The topological polar surface area (TPSA) is 117 Å². The summed E-state index contributed by atoms with van der Waals surface area (Å²) in [6.45, 7) is 5.90. The van der Waals surface area contributed by atoms with Crippen LogP contribution in [0.1, 0.15) is 45.7 Å². The molecule has 4 atom stereocenters. The number of hydrogen-bond donors (Lipinski definition) is 0. The van der Waals surface area contributed by atoms with Crippen molar-refractivity contribution in [1.29, 1.82) is 5.26 Å². The number of thioether (sulfide) groups is 2. The molecule has 2 amide bonds. The van der Waals surface area contributed by atoms with Crippen LogP contribution < -0.4 is 9.47 Å². The number of nitriles is 1. The van der Waals surface area contributed by atoms with Crippen LogP contribution in [0.3, 0.4) is 0 Å². The van der Waals surface area contributed by atoms with E-state index in [-0.39, 0.29) is 23.4 Å². The van der Waals surface area contributed by atoms with Gasteiger partial charge in [0.15, 0.2) is 31.5 Å². The number of hydrogen-bond acceptors (Lipinski definition) is 9. The molecule has 0 saturated carbocycles. The molecular formula is C22H23N3O6S2. The van der Waals surface area contributed by atoms with E-state index in [9.17, 15) is 24.4 Å². The van der Waals surface area contributed by atoms with Gasteiger partial charge in [0.25, 0.3) is 11.8 Å². The molecule has 2 saturated heterocycles. The minimum atomic E-state index is -1.61. The lowest BCUT2D eigenvalue weighted by Gasteiger charge is -2.52. The first kappa shape index (κ1) is 23.4. The van der Waals surface area contributed by atoms with E-state index in [4.69, 9.17) is 9.47 Å². The minimum Gasteiger partial charge on any atom is -0.454 e. The van der Waals surface area contributed by atoms with E-state index >= 15 is 0 Å². The fraction of sp³-hybridized carbons (Fsp3) is 0.500. The normalized spacial score (nSPS) is 32.5. The third-order valence-electron chi connectivity index (χ3n) is 6.37. The maximum absolute atomic E-state index is 14.1. The van der Waals surface area contributed by atoms with Crippen LogP contribution in [0.2, 0.25) is 0 Å². The molecule has 33 heavy (non-hydrogen) atoms. The smallest absolute Gasteiger partial charge is 0.261 e. The monoisotopic (exact) mass is 489 g/mol. The summed E-state index contributed by atoms with van der Waals surface area (Å²) in [5.41, 5.74) is -0.621. The Kier molecular flexibility index (Phi) is 5.45. The van der Waals surface area contributed by atoms with Crippen LogP contribution in [0.15, 0.2) is 18.2 Å². The summed E-state index contributed by atoms with van der Waals surface area (Å²) in [6, 6.07) is 6.56. The first-order valence-electron chi connectivity index (χ1n) is 10.2. The number of nitrogens with zero attached hydrogens (tertiary/aromatic N) is 3. The van der Waals surface area contributed by atoms with Crippen molar-refractivity contribution in [2.24, 2.45) is 5.41 Å². The largest absolute Gasteiger partial charge is 0.454 e. The van der Waals surface area contributed by atoms with E-state index in [2.05, 4.69) is 6.07 Å². The number of benzene rings is 1. The molecule has 4 rings (SSSR count). The number of rotatable bonds is 3. The molecular weight excluding hydrogens is 466 g/mol. The van der Waals surface area contributed by atoms with Crippen LogP contribution >= 0.6 is 23.5 Å². The average molecular weight is 490 g/mol. The molecule has 3 aliphatic rings. The summed E-state index contributed by atoms with van der Waals surface area (Å²) in [5, 5.41) is 9.55. The van der Waals surface area contributed by atoms with Crippen molar-refractivity contribution in [3.8, 4) is 17.6 Å². The Bertz CT molecular complexity index is 1140. The Morgan fingerprint density at radius 2 is 1.73 bits per heavy atom. The van der Waals surface area contributed by atoms with Crippen molar-refractivity contribution in [1.82, 2.24) is 9.80 Å². The molecule has 0 N–H and O–H groups in total. The van der Waals surface area contributed by atoms with Gasteiger partial charge in [0.2, 0.25) is 6.79 Å². The Hall–Kier alpha value is -2.71. The standard InChI is InChI=1S/C22H23N3O6S2/c1-12(26)32-21(4)18(28)25-17(14-6-7-15-16(8-14)31-11-30-15)20(3,10-23)9-22(25,33-13(2)27)19(29)24(21)5/h6-8,17H,9,11H2,1-5H3/t17-,20+,21-,22+/m0/s1. The quantitative estimate of drug-likeness (QED) is 0.631. The molecule has 0 unspecified atom stereocenters. The van der Waals surface area contributed by atoms with Gasteiger partial charge in [-0.25, -0.2) is 0 Å². The van der Waals surface area contributed by atoms with E-state index in [1.807, 2.05) is 0 Å². The Morgan fingerprint density at radius 3 is 2.33 bits per heavy atom. The molecule has 3 heterocycles. The number of likely N-dealkylation sites (N-methyl/N-ethyl adjacent to an activating group) is 1. The number of carbonyl (C=O) groups is 4. The van der Waals surface area contributed by atoms with Crippen LogP contribution in [0, 0.1) is 16.7 Å². The van der Waals surface area contributed by atoms with Crippen LogP contribution in [0.5, 0.6) is 11.5 Å². The van der Waals surface area contributed by atoms with Crippen LogP contribution in [-0.2, 0) is 19.2 Å². The highest BCUT2D eigenvalue weighted by atomic mass is 32.2. The van der Waals surface area contributed by atoms with Crippen molar-refractivity contribution in [2.75, 3.05) is 13.8 Å². The van der Waals surface area contributed by atoms with E-state index in [0.29, 0.717) is 17.1 Å². The summed E-state index contributed by atoms with van der Waals surface area (Å²) < 4.78 is 10.9. The van der Waals surface area contributed by atoms with Gasteiger partial charge in [0.1, 0.15) is 0 Å². The Labute approximate surface area is 199 Å². The fourth-order valence-electron chi connectivity index (χ4n) is 4.92. The summed E-state index contributed by atoms with van der Waals surface area (Å²) in [4.78, 5) is 51.8. The summed E-state index contributed by atoms with van der Waals surface area (Å²) in [5.74, 6) is -0.000664. The van der Waals surface area contributed by atoms with Gasteiger partial charge in [0, 0.05) is 27.3 Å². The minimum absolute atomic E-state index is 0.0460. The predicted molar refractivity (Wildman–Crippen MR) is 121 cm³/mol. The lowest BCUT2D eigenvalue weighted by atomic mass is 9.79. The van der Waals surface area contributed by atoms with Gasteiger partial charge in [0.05, 0.1) is 17.5 Å². The van der Waals surface area contributed by atoms with Crippen molar-refractivity contribution < 1.29 is 28.7 Å².